The Kier molecular flexibility index (Phi) is 5.58. The van der Waals surface area contributed by atoms with Gasteiger partial charge >= 0.3 is 0 Å². The molecule has 0 saturated carbocycles. The van der Waals surface area contributed by atoms with Gasteiger partial charge in [-0.15, -0.1) is 0 Å². The molecule has 0 heterocycles. The molecule has 1 amide bonds. The van der Waals surface area contributed by atoms with E-state index in [0.717, 1.165) is 5.69 Å². The maximum atomic E-state index is 12.2. The molecule has 7 heteroatoms. The van der Waals surface area contributed by atoms with Crippen LogP contribution in [0.4, 0.5) is 11.4 Å². The zero-order valence-corrected chi connectivity index (χ0v) is 14.7. The van der Waals surface area contributed by atoms with Crippen LogP contribution in [-0.4, -0.2) is 34.5 Å². The summed E-state index contributed by atoms with van der Waals surface area (Å²) in [6.07, 6.45) is 0. The monoisotopic (exact) mass is 347 g/mol. The van der Waals surface area contributed by atoms with E-state index in [1.807, 2.05) is 31.1 Å². The van der Waals surface area contributed by atoms with Crippen molar-refractivity contribution in [2.75, 3.05) is 24.3 Å². The largest absolute Gasteiger partial charge is 0.378 e. The summed E-state index contributed by atoms with van der Waals surface area (Å²) in [5, 5.41) is 2.70. The molecule has 0 aliphatic heterocycles. The standard InChI is InChI=1S/C17H21N3O3S/c1-13(19-24(22,23)16-7-5-4-6-8-16)17(21)18-14-9-11-15(12-10-14)20(2)3/h4-13,19H,1-3H3,(H,18,21)/t13-/m0/s1. The summed E-state index contributed by atoms with van der Waals surface area (Å²) in [6.45, 7) is 1.50. The molecule has 1 atom stereocenters. The Morgan fingerprint density at radius 2 is 1.58 bits per heavy atom. The van der Waals surface area contributed by atoms with Crippen LogP contribution in [0.3, 0.4) is 0 Å². The van der Waals surface area contributed by atoms with E-state index in [4.69, 9.17) is 0 Å². The van der Waals surface area contributed by atoms with Gasteiger partial charge in [0, 0.05) is 25.5 Å². The number of anilines is 2. The summed E-state index contributed by atoms with van der Waals surface area (Å²) in [4.78, 5) is 14.3. The zero-order valence-electron chi connectivity index (χ0n) is 13.9. The summed E-state index contributed by atoms with van der Waals surface area (Å²) in [6, 6.07) is 14.3. The number of rotatable bonds is 6. The topological polar surface area (TPSA) is 78.5 Å². The van der Waals surface area contributed by atoms with E-state index in [0.29, 0.717) is 5.69 Å². The van der Waals surface area contributed by atoms with Crippen LogP contribution in [0.25, 0.3) is 0 Å². The Morgan fingerprint density at radius 1 is 1.00 bits per heavy atom. The van der Waals surface area contributed by atoms with Crippen molar-refractivity contribution in [3.63, 3.8) is 0 Å². The van der Waals surface area contributed by atoms with Crippen molar-refractivity contribution >= 4 is 27.3 Å². The highest BCUT2D eigenvalue weighted by Crippen LogP contribution is 2.16. The summed E-state index contributed by atoms with van der Waals surface area (Å²) in [5.41, 5.74) is 1.61. The average molecular weight is 347 g/mol. The van der Waals surface area contributed by atoms with Crippen LogP contribution in [0.15, 0.2) is 59.5 Å². The first-order valence-electron chi connectivity index (χ1n) is 7.45. The van der Waals surface area contributed by atoms with Crippen LogP contribution >= 0.6 is 0 Å². The lowest BCUT2D eigenvalue weighted by molar-refractivity contribution is -0.117. The minimum atomic E-state index is -3.73. The molecule has 2 N–H and O–H groups in total. The van der Waals surface area contributed by atoms with E-state index in [2.05, 4.69) is 10.0 Å². The van der Waals surface area contributed by atoms with Gasteiger partial charge in [-0.05, 0) is 43.3 Å². The third-order valence-electron chi connectivity index (χ3n) is 3.43. The maximum Gasteiger partial charge on any atom is 0.242 e. The van der Waals surface area contributed by atoms with Crippen molar-refractivity contribution in [1.82, 2.24) is 4.72 Å². The number of benzene rings is 2. The molecular formula is C17H21N3O3S. The minimum absolute atomic E-state index is 0.125. The minimum Gasteiger partial charge on any atom is -0.378 e. The van der Waals surface area contributed by atoms with Gasteiger partial charge in [-0.3, -0.25) is 4.79 Å². The quantitative estimate of drug-likeness (QED) is 0.838. The van der Waals surface area contributed by atoms with Gasteiger partial charge in [-0.25, -0.2) is 8.42 Å². The number of nitrogens with one attached hydrogen (secondary N) is 2. The van der Waals surface area contributed by atoms with Gasteiger partial charge in [-0.2, -0.15) is 4.72 Å². The smallest absolute Gasteiger partial charge is 0.242 e. The Labute approximate surface area is 142 Å². The number of nitrogens with zero attached hydrogens (tertiary/aromatic N) is 1. The van der Waals surface area contributed by atoms with E-state index in [-0.39, 0.29) is 4.90 Å². The normalized spacial score (nSPS) is 12.5. The van der Waals surface area contributed by atoms with E-state index in [1.165, 1.54) is 19.1 Å². The van der Waals surface area contributed by atoms with Crippen molar-refractivity contribution in [1.29, 1.82) is 0 Å². The molecule has 0 aliphatic carbocycles. The predicted molar refractivity (Wildman–Crippen MR) is 95.6 cm³/mol. The third kappa shape index (κ3) is 4.56. The van der Waals surface area contributed by atoms with Gasteiger partial charge in [0.05, 0.1) is 10.9 Å². The summed E-state index contributed by atoms with van der Waals surface area (Å²) in [7, 11) is 0.117. The van der Waals surface area contributed by atoms with Crippen LogP contribution in [0, 0.1) is 0 Å². The average Bonchev–Trinajstić information content (AvgIpc) is 2.55. The fourth-order valence-electron chi connectivity index (χ4n) is 2.05. The highest BCUT2D eigenvalue weighted by molar-refractivity contribution is 7.89. The van der Waals surface area contributed by atoms with E-state index >= 15 is 0 Å². The molecule has 0 aliphatic rings. The van der Waals surface area contributed by atoms with Crippen LogP contribution in [0.2, 0.25) is 0 Å². The van der Waals surface area contributed by atoms with Gasteiger partial charge < -0.3 is 10.2 Å². The number of hydrogen-bond acceptors (Lipinski definition) is 4. The first kappa shape index (κ1) is 18.0. The van der Waals surface area contributed by atoms with E-state index in [1.54, 1.807) is 30.3 Å². The molecule has 0 spiro atoms. The molecule has 24 heavy (non-hydrogen) atoms. The molecule has 0 aromatic heterocycles. The molecule has 2 aromatic rings. The van der Waals surface area contributed by atoms with Gasteiger partial charge in [0.1, 0.15) is 0 Å². The summed E-state index contributed by atoms with van der Waals surface area (Å²) >= 11 is 0. The Hall–Kier alpha value is -2.38. The van der Waals surface area contributed by atoms with E-state index in [9.17, 15) is 13.2 Å². The molecule has 0 bridgehead atoms. The Morgan fingerprint density at radius 3 is 2.12 bits per heavy atom. The molecule has 2 rings (SSSR count). The number of amides is 1. The van der Waals surface area contributed by atoms with Gasteiger partial charge in [0.15, 0.2) is 0 Å². The molecule has 0 fully saturated rings. The molecule has 6 nitrogen and oxygen atoms in total. The zero-order chi connectivity index (χ0) is 17.7. The molecule has 2 aromatic carbocycles. The maximum absolute atomic E-state index is 12.2. The Bertz CT molecular complexity index is 788. The van der Waals surface area contributed by atoms with Crippen molar-refractivity contribution in [2.45, 2.75) is 17.9 Å². The van der Waals surface area contributed by atoms with Crippen molar-refractivity contribution < 1.29 is 13.2 Å². The predicted octanol–water partition coefficient (Wildman–Crippen LogP) is 2.06. The molecular weight excluding hydrogens is 326 g/mol. The Balaban J connectivity index is 2.02. The fraction of sp³-hybridized carbons (Fsp3) is 0.235. The lowest BCUT2D eigenvalue weighted by atomic mass is 10.2. The van der Waals surface area contributed by atoms with Crippen molar-refractivity contribution in [3.05, 3.63) is 54.6 Å². The highest BCUT2D eigenvalue weighted by atomic mass is 32.2. The van der Waals surface area contributed by atoms with Crippen molar-refractivity contribution in [2.24, 2.45) is 0 Å². The molecule has 0 radical (unpaired) electrons. The summed E-state index contributed by atoms with van der Waals surface area (Å²) in [5.74, 6) is -0.424. The first-order valence-corrected chi connectivity index (χ1v) is 8.93. The number of carbonyl (C=O) groups excluding carboxylic acids is 1. The first-order chi connectivity index (χ1) is 11.3. The second-order valence-corrected chi connectivity index (χ2v) is 7.30. The SMILES string of the molecule is C[C@H](NS(=O)(=O)c1ccccc1)C(=O)Nc1ccc(N(C)C)cc1. The van der Waals surface area contributed by atoms with E-state index < -0.39 is 22.0 Å². The van der Waals surface area contributed by atoms with Crippen LogP contribution in [0.1, 0.15) is 6.92 Å². The number of hydrogen-bond donors (Lipinski definition) is 2. The lowest BCUT2D eigenvalue weighted by Gasteiger charge is -2.16. The highest BCUT2D eigenvalue weighted by Gasteiger charge is 2.21. The second kappa shape index (κ2) is 7.46. The second-order valence-electron chi connectivity index (χ2n) is 5.59. The van der Waals surface area contributed by atoms with Gasteiger partial charge in [0.2, 0.25) is 15.9 Å². The van der Waals surface area contributed by atoms with Crippen LogP contribution < -0.4 is 14.9 Å². The number of carbonyl (C=O) groups is 1. The lowest BCUT2D eigenvalue weighted by Crippen LogP contribution is -2.41. The van der Waals surface area contributed by atoms with Crippen molar-refractivity contribution in [3.8, 4) is 0 Å². The molecule has 128 valence electrons. The summed E-state index contributed by atoms with van der Waals surface area (Å²) < 4.78 is 26.8. The van der Waals surface area contributed by atoms with Gasteiger partial charge in [0.25, 0.3) is 0 Å². The molecule has 0 unspecified atom stereocenters. The van der Waals surface area contributed by atoms with Crippen LogP contribution in [-0.2, 0) is 14.8 Å². The third-order valence-corrected chi connectivity index (χ3v) is 4.99. The van der Waals surface area contributed by atoms with Crippen LogP contribution in [0.5, 0.6) is 0 Å². The molecule has 0 saturated heterocycles. The van der Waals surface area contributed by atoms with Gasteiger partial charge in [-0.1, -0.05) is 18.2 Å². The number of sulfonamides is 1. The fourth-order valence-corrected chi connectivity index (χ4v) is 3.27.